The van der Waals surface area contributed by atoms with Gasteiger partial charge in [-0.1, -0.05) is 11.6 Å². The highest BCUT2D eigenvalue weighted by Gasteiger charge is 2.07. The molecule has 0 fully saturated rings. The normalized spacial score (nSPS) is 11.1. The molecule has 16 heavy (non-hydrogen) atoms. The van der Waals surface area contributed by atoms with Crippen molar-refractivity contribution in [2.45, 2.75) is 13.0 Å². The number of nitrogen functional groups attached to an aromatic ring is 1. The Balaban J connectivity index is 2.32. The summed E-state index contributed by atoms with van der Waals surface area (Å²) in [6.07, 6.45) is 3.20. The van der Waals surface area contributed by atoms with Crippen LogP contribution in [-0.4, -0.2) is 21.6 Å². The molecule has 1 heterocycles. The second-order valence-corrected chi connectivity index (χ2v) is 5.02. The van der Waals surface area contributed by atoms with Gasteiger partial charge in [0.05, 0.1) is 11.0 Å². The van der Waals surface area contributed by atoms with Crippen molar-refractivity contribution in [3.63, 3.8) is 0 Å². The fraction of sp³-hybridized carbons (Fsp3) is 0.364. The van der Waals surface area contributed by atoms with Crippen LogP contribution < -0.4 is 5.73 Å². The van der Waals surface area contributed by atoms with Crippen molar-refractivity contribution in [3.05, 3.63) is 23.2 Å². The summed E-state index contributed by atoms with van der Waals surface area (Å²) in [5.74, 6) is 1.70. The number of imidazole rings is 1. The number of nitrogens with two attached hydrogens (primary N) is 1. The van der Waals surface area contributed by atoms with E-state index < -0.39 is 0 Å². The van der Waals surface area contributed by atoms with Crippen molar-refractivity contribution in [2.24, 2.45) is 0 Å². The summed E-state index contributed by atoms with van der Waals surface area (Å²) < 4.78 is 2.04. The lowest BCUT2D eigenvalue weighted by atomic mass is 10.3. The van der Waals surface area contributed by atoms with Crippen LogP contribution in [0.5, 0.6) is 0 Å². The molecule has 0 saturated heterocycles. The van der Waals surface area contributed by atoms with Gasteiger partial charge >= 0.3 is 0 Å². The van der Waals surface area contributed by atoms with Gasteiger partial charge in [0.25, 0.3) is 0 Å². The van der Waals surface area contributed by atoms with Crippen LogP contribution in [0, 0.1) is 0 Å². The summed E-state index contributed by atoms with van der Waals surface area (Å²) in [6, 6.07) is 5.69. The summed E-state index contributed by atoms with van der Waals surface area (Å²) in [6.45, 7) is 0.908. The number of hydrogen-bond donors (Lipinski definition) is 1. The van der Waals surface area contributed by atoms with Gasteiger partial charge in [0.2, 0.25) is 5.95 Å². The first-order valence-corrected chi connectivity index (χ1v) is 6.90. The number of nitrogens with zero attached hydrogens (tertiary/aromatic N) is 2. The fourth-order valence-corrected chi connectivity index (χ4v) is 2.31. The minimum atomic E-state index is 0.568. The Hall–Kier alpha value is -0.870. The first-order chi connectivity index (χ1) is 7.72. The maximum absolute atomic E-state index is 5.91. The molecule has 1 aromatic heterocycles. The van der Waals surface area contributed by atoms with Gasteiger partial charge in [0, 0.05) is 11.6 Å². The lowest BCUT2D eigenvalue weighted by molar-refractivity contribution is 0.712. The SMILES string of the molecule is CSCCCn1c(N)nc2cc(Cl)ccc21. The second-order valence-electron chi connectivity index (χ2n) is 3.60. The Labute approximate surface area is 104 Å². The molecule has 0 spiro atoms. The topological polar surface area (TPSA) is 43.8 Å². The van der Waals surface area contributed by atoms with E-state index in [-0.39, 0.29) is 0 Å². The van der Waals surface area contributed by atoms with E-state index in [4.69, 9.17) is 17.3 Å². The Morgan fingerprint density at radius 2 is 2.31 bits per heavy atom. The summed E-state index contributed by atoms with van der Waals surface area (Å²) in [7, 11) is 0. The van der Waals surface area contributed by atoms with Gasteiger partial charge in [-0.15, -0.1) is 0 Å². The highest BCUT2D eigenvalue weighted by atomic mass is 35.5. The minimum Gasteiger partial charge on any atom is -0.369 e. The molecular formula is C11H14ClN3S. The predicted octanol–water partition coefficient (Wildman–Crippen LogP) is 3.03. The zero-order valence-electron chi connectivity index (χ0n) is 9.11. The van der Waals surface area contributed by atoms with Gasteiger partial charge in [-0.3, -0.25) is 0 Å². The van der Waals surface area contributed by atoms with Crippen molar-refractivity contribution < 1.29 is 0 Å². The molecule has 0 bridgehead atoms. The van der Waals surface area contributed by atoms with Crippen LogP contribution >= 0.6 is 23.4 Å². The quantitative estimate of drug-likeness (QED) is 0.854. The van der Waals surface area contributed by atoms with Crippen LogP contribution in [0.4, 0.5) is 5.95 Å². The molecule has 3 nitrogen and oxygen atoms in total. The average molecular weight is 256 g/mol. The number of thioether (sulfide) groups is 1. The zero-order valence-corrected chi connectivity index (χ0v) is 10.7. The second kappa shape index (κ2) is 4.97. The van der Waals surface area contributed by atoms with E-state index in [0.29, 0.717) is 11.0 Å². The van der Waals surface area contributed by atoms with Crippen LogP contribution in [0.1, 0.15) is 6.42 Å². The maximum atomic E-state index is 5.91. The summed E-state index contributed by atoms with van der Waals surface area (Å²) in [4.78, 5) is 4.30. The minimum absolute atomic E-state index is 0.568. The first-order valence-electron chi connectivity index (χ1n) is 5.12. The van der Waals surface area contributed by atoms with E-state index in [1.165, 1.54) is 0 Å². The van der Waals surface area contributed by atoms with Gasteiger partial charge in [-0.2, -0.15) is 11.8 Å². The van der Waals surface area contributed by atoms with E-state index in [2.05, 4.69) is 11.2 Å². The van der Waals surface area contributed by atoms with E-state index >= 15 is 0 Å². The molecule has 2 N–H and O–H groups in total. The summed E-state index contributed by atoms with van der Waals surface area (Å²) in [5.41, 5.74) is 7.82. The average Bonchev–Trinajstić information content (AvgIpc) is 2.55. The molecule has 2 rings (SSSR count). The number of anilines is 1. The molecular weight excluding hydrogens is 242 g/mol. The number of benzene rings is 1. The van der Waals surface area contributed by atoms with Gasteiger partial charge in [-0.05, 0) is 36.6 Å². The van der Waals surface area contributed by atoms with E-state index in [1.54, 1.807) is 0 Å². The predicted molar refractivity (Wildman–Crippen MR) is 72.2 cm³/mol. The molecule has 86 valence electrons. The van der Waals surface area contributed by atoms with Crippen LogP contribution in [0.2, 0.25) is 5.02 Å². The van der Waals surface area contributed by atoms with Crippen molar-refractivity contribution in [2.75, 3.05) is 17.7 Å². The molecule has 0 radical (unpaired) electrons. The molecule has 0 aliphatic carbocycles. The summed E-state index contributed by atoms with van der Waals surface area (Å²) in [5, 5.41) is 0.696. The van der Waals surface area contributed by atoms with Crippen LogP contribution in [0.3, 0.4) is 0 Å². The van der Waals surface area contributed by atoms with E-state index in [9.17, 15) is 0 Å². The largest absolute Gasteiger partial charge is 0.369 e. The highest BCUT2D eigenvalue weighted by molar-refractivity contribution is 7.98. The Morgan fingerprint density at radius 1 is 1.50 bits per heavy atom. The van der Waals surface area contributed by atoms with Crippen LogP contribution in [0.15, 0.2) is 18.2 Å². The maximum Gasteiger partial charge on any atom is 0.201 e. The van der Waals surface area contributed by atoms with Crippen molar-refractivity contribution in [3.8, 4) is 0 Å². The van der Waals surface area contributed by atoms with Gasteiger partial charge in [0.1, 0.15) is 0 Å². The molecule has 0 aliphatic rings. The number of halogens is 1. The molecule has 0 atom stereocenters. The van der Waals surface area contributed by atoms with Crippen LogP contribution in [0.25, 0.3) is 11.0 Å². The van der Waals surface area contributed by atoms with Gasteiger partial charge in [-0.25, -0.2) is 4.98 Å². The third-order valence-electron chi connectivity index (χ3n) is 2.47. The Morgan fingerprint density at radius 3 is 3.06 bits per heavy atom. The molecule has 0 saturated carbocycles. The lowest BCUT2D eigenvalue weighted by Gasteiger charge is -2.05. The molecule has 0 unspecified atom stereocenters. The fourth-order valence-electron chi connectivity index (χ4n) is 1.72. The van der Waals surface area contributed by atoms with Crippen molar-refractivity contribution >= 4 is 40.3 Å². The number of hydrogen-bond acceptors (Lipinski definition) is 3. The van der Waals surface area contributed by atoms with Crippen molar-refractivity contribution in [1.29, 1.82) is 0 Å². The Bertz CT molecular complexity index is 495. The van der Waals surface area contributed by atoms with Crippen LogP contribution in [-0.2, 0) is 6.54 Å². The first kappa shape index (κ1) is 11.6. The summed E-state index contributed by atoms with van der Waals surface area (Å²) >= 11 is 7.76. The smallest absolute Gasteiger partial charge is 0.201 e. The Kier molecular flexibility index (Phi) is 3.61. The lowest BCUT2D eigenvalue weighted by Crippen LogP contribution is -2.04. The monoisotopic (exact) mass is 255 g/mol. The van der Waals surface area contributed by atoms with Crippen molar-refractivity contribution in [1.82, 2.24) is 9.55 Å². The standard InChI is InChI=1S/C11H14ClN3S/c1-16-6-2-5-15-10-4-3-8(12)7-9(10)14-11(15)13/h3-4,7H,2,5-6H2,1H3,(H2,13,14). The highest BCUT2D eigenvalue weighted by Crippen LogP contribution is 2.22. The third-order valence-corrected chi connectivity index (χ3v) is 3.40. The van der Waals surface area contributed by atoms with E-state index in [1.807, 2.05) is 34.5 Å². The third kappa shape index (κ3) is 2.28. The van der Waals surface area contributed by atoms with Gasteiger partial charge in [0.15, 0.2) is 0 Å². The van der Waals surface area contributed by atoms with Gasteiger partial charge < -0.3 is 10.3 Å². The molecule has 1 aromatic carbocycles. The zero-order chi connectivity index (χ0) is 11.5. The molecule has 0 aliphatic heterocycles. The number of rotatable bonds is 4. The molecule has 0 amide bonds. The molecule has 5 heteroatoms. The number of aromatic nitrogens is 2. The number of aryl methyl sites for hydroxylation is 1. The molecule has 2 aromatic rings. The van der Waals surface area contributed by atoms with E-state index in [0.717, 1.165) is 29.8 Å². The number of fused-ring (bicyclic) bond motifs is 1.